The normalized spacial score (nSPS) is 12.0. The number of para-hydroxylation sites is 1. The molecule has 0 N–H and O–H groups in total. The van der Waals surface area contributed by atoms with Crippen LogP contribution in [0.2, 0.25) is 5.02 Å². The summed E-state index contributed by atoms with van der Waals surface area (Å²) in [4.78, 5) is 34.0. The van der Waals surface area contributed by atoms with E-state index in [-0.39, 0.29) is 11.5 Å². The number of fused-ring (bicyclic) bond motifs is 1. The van der Waals surface area contributed by atoms with Gasteiger partial charge in [0.05, 0.1) is 22.6 Å². The number of hydrogen-bond donors (Lipinski definition) is 0. The van der Waals surface area contributed by atoms with E-state index in [1.807, 2.05) is 56.3 Å². The maximum atomic E-state index is 13.7. The first-order chi connectivity index (χ1) is 16.4. The Labute approximate surface area is 204 Å². The maximum Gasteiger partial charge on any atom is 0.266 e. The summed E-state index contributed by atoms with van der Waals surface area (Å²) in [5.74, 6) is 0.420. The summed E-state index contributed by atoms with van der Waals surface area (Å²) in [7, 11) is 0. The van der Waals surface area contributed by atoms with Gasteiger partial charge in [0.1, 0.15) is 5.82 Å². The Kier molecular flexibility index (Phi) is 7.13. The van der Waals surface area contributed by atoms with Gasteiger partial charge in [0.25, 0.3) is 11.5 Å². The maximum absolute atomic E-state index is 13.7. The average Bonchev–Trinajstić information content (AvgIpc) is 2.84. The Morgan fingerprint density at radius 1 is 1.06 bits per heavy atom. The van der Waals surface area contributed by atoms with Crippen LogP contribution in [0.5, 0.6) is 0 Å². The van der Waals surface area contributed by atoms with Crippen LogP contribution >= 0.6 is 11.6 Å². The van der Waals surface area contributed by atoms with Crippen LogP contribution < -0.4 is 5.56 Å². The van der Waals surface area contributed by atoms with E-state index in [1.165, 1.54) is 0 Å². The molecule has 0 saturated heterocycles. The topological polar surface area (TPSA) is 55.2 Å². The Bertz CT molecular complexity index is 1380. The molecule has 0 spiro atoms. The van der Waals surface area contributed by atoms with E-state index in [0.29, 0.717) is 33.9 Å². The molecule has 1 amide bonds. The molecule has 6 heteroatoms. The molecule has 4 rings (SSSR count). The highest BCUT2D eigenvalue weighted by Crippen LogP contribution is 2.25. The first-order valence-electron chi connectivity index (χ1n) is 11.6. The largest absolute Gasteiger partial charge is 0.329 e. The van der Waals surface area contributed by atoms with Crippen LogP contribution in [0.25, 0.3) is 16.6 Å². The minimum atomic E-state index is -0.437. The van der Waals surface area contributed by atoms with Crippen molar-refractivity contribution < 1.29 is 4.79 Å². The van der Waals surface area contributed by atoms with Crippen molar-refractivity contribution in [3.8, 4) is 5.69 Å². The molecule has 1 unspecified atom stereocenters. The summed E-state index contributed by atoms with van der Waals surface area (Å²) in [5.41, 5.74) is 2.80. The minimum absolute atomic E-state index is 0.115. The van der Waals surface area contributed by atoms with Crippen LogP contribution in [0, 0.1) is 6.92 Å². The number of rotatable bonds is 7. The smallest absolute Gasteiger partial charge is 0.266 e. The monoisotopic (exact) mass is 473 g/mol. The second kappa shape index (κ2) is 10.2. The van der Waals surface area contributed by atoms with Crippen LogP contribution in [-0.4, -0.2) is 26.9 Å². The summed E-state index contributed by atoms with van der Waals surface area (Å²) >= 11 is 6.04. The molecule has 1 aromatic heterocycles. The van der Waals surface area contributed by atoms with Crippen molar-refractivity contribution in [3.05, 3.63) is 105 Å². The Morgan fingerprint density at radius 3 is 2.50 bits per heavy atom. The second-order valence-electron chi connectivity index (χ2n) is 8.50. The van der Waals surface area contributed by atoms with Crippen molar-refractivity contribution in [2.45, 2.75) is 39.7 Å². The molecule has 1 heterocycles. The van der Waals surface area contributed by atoms with Crippen molar-refractivity contribution in [1.82, 2.24) is 14.5 Å². The molecule has 174 valence electrons. The van der Waals surface area contributed by atoms with Gasteiger partial charge in [-0.25, -0.2) is 4.98 Å². The van der Waals surface area contributed by atoms with Gasteiger partial charge in [0, 0.05) is 17.1 Å². The van der Waals surface area contributed by atoms with Crippen LogP contribution in [0.4, 0.5) is 0 Å². The van der Waals surface area contributed by atoms with E-state index < -0.39 is 6.04 Å². The van der Waals surface area contributed by atoms with Gasteiger partial charge >= 0.3 is 0 Å². The molecule has 0 aliphatic heterocycles. The third-order valence-electron chi connectivity index (χ3n) is 6.01. The van der Waals surface area contributed by atoms with Gasteiger partial charge in [-0.2, -0.15) is 0 Å². The molecule has 0 saturated carbocycles. The first-order valence-corrected chi connectivity index (χ1v) is 11.9. The summed E-state index contributed by atoms with van der Waals surface area (Å²) in [6, 6.07) is 21.6. The number of halogens is 1. The Balaban J connectivity index is 1.90. The number of carbonyl (C=O) groups is 1. The van der Waals surface area contributed by atoms with Crippen LogP contribution in [0.3, 0.4) is 0 Å². The first kappa shape index (κ1) is 23.7. The molecule has 0 fully saturated rings. The number of amides is 1. The zero-order valence-electron chi connectivity index (χ0n) is 19.7. The fraction of sp³-hybridized carbons (Fsp3) is 0.250. The molecule has 4 aromatic rings. The number of aromatic nitrogens is 2. The fourth-order valence-electron chi connectivity index (χ4n) is 4.14. The van der Waals surface area contributed by atoms with E-state index >= 15 is 0 Å². The predicted molar refractivity (Wildman–Crippen MR) is 138 cm³/mol. The van der Waals surface area contributed by atoms with Crippen molar-refractivity contribution in [1.29, 1.82) is 0 Å². The van der Waals surface area contributed by atoms with Crippen LogP contribution in [0.1, 0.15) is 54.5 Å². The number of carbonyl (C=O) groups excluding carboxylic acids is 1. The van der Waals surface area contributed by atoms with Gasteiger partial charge < -0.3 is 4.90 Å². The molecule has 1 atom stereocenters. The SMILES string of the molecule is CCCCN(C(=O)c1ccc(Cl)cc1)C(C)c1nc2ccccc2c(=O)n1-c1cccc(C)c1. The van der Waals surface area contributed by atoms with E-state index in [0.717, 1.165) is 24.1 Å². The average molecular weight is 474 g/mol. The van der Waals surface area contributed by atoms with Crippen LogP contribution in [-0.2, 0) is 0 Å². The van der Waals surface area contributed by atoms with Gasteiger partial charge in [-0.05, 0) is 74.4 Å². The zero-order valence-corrected chi connectivity index (χ0v) is 20.4. The summed E-state index contributed by atoms with van der Waals surface area (Å²) < 4.78 is 1.65. The van der Waals surface area contributed by atoms with E-state index in [4.69, 9.17) is 16.6 Å². The quantitative estimate of drug-likeness (QED) is 0.314. The summed E-state index contributed by atoms with van der Waals surface area (Å²) in [6.07, 6.45) is 1.78. The third-order valence-corrected chi connectivity index (χ3v) is 6.26. The lowest BCUT2D eigenvalue weighted by Gasteiger charge is -2.31. The number of aryl methyl sites for hydroxylation is 1. The third kappa shape index (κ3) is 4.75. The van der Waals surface area contributed by atoms with Crippen molar-refractivity contribution in [3.63, 3.8) is 0 Å². The molecule has 0 aliphatic rings. The standard InChI is InChI=1S/C28H28ClN3O2/c1-4-5-17-31(27(33)21-13-15-22(29)16-14-21)20(3)26-30-25-12-7-6-11-24(25)28(34)32(26)23-10-8-9-19(2)18-23/h6-16,18,20H,4-5,17H2,1-3H3. The lowest BCUT2D eigenvalue weighted by molar-refractivity contribution is 0.0678. The van der Waals surface area contributed by atoms with Crippen molar-refractivity contribution in [2.24, 2.45) is 0 Å². The number of benzene rings is 3. The van der Waals surface area contributed by atoms with E-state index in [1.54, 1.807) is 39.8 Å². The minimum Gasteiger partial charge on any atom is -0.329 e. The lowest BCUT2D eigenvalue weighted by Crippen LogP contribution is -2.38. The molecular formula is C28H28ClN3O2. The number of nitrogens with zero attached hydrogens (tertiary/aromatic N) is 3. The molecule has 0 aliphatic carbocycles. The summed E-state index contributed by atoms with van der Waals surface area (Å²) in [5, 5.41) is 1.12. The Morgan fingerprint density at radius 2 is 1.79 bits per heavy atom. The highest BCUT2D eigenvalue weighted by Gasteiger charge is 2.27. The number of hydrogen-bond acceptors (Lipinski definition) is 3. The molecule has 5 nitrogen and oxygen atoms in total. The predicted octanol–water partition coefficient (Wildman–Crippen LogP) is 6.35. The van der Waals surface area contributed by atoms with Gasteiger partial charge in [-0.1, -0.05) is 49.2 Å². The highest BCUT2D eigenvalue weighted by molar-refractivity contribution is 6.30. The van der Waals surface area contributed by atoms with Gasteiger partial charge in [-0.3, -0.25) is 14.2 Å². The molecular weight excluding hydrogens is 446 g/mol. The van der Waals surface area contributed by atoms with Crippen molar-refractivity contribution >= 4 is 28.4 Å². The lowest BCUT2D eigenvalue weighted by atomic mass is 10.1. The van der Waals surface area contributed by atoms with Gasteiger partial charge in [-0.15, -0.1) is 0 Å². The highest BCUT2D eigenvalue weighted by atomic mass is 35.5. The number of unbranched alkanes of at least 4 members (excludes halogenated alkanes) is 1. The molecule has 0 radical (unpaired) electrons. The molecule has 0 bridgehead atoms. The Hall–Kier alpha value is -3.44. The van der Waals surface area contributed by atoms with E-state index in [2.05, 4.69) is 6.92 Å². The summed E-state index contributed by atoms with van der Waals surface area (Å²) in [6.45, 7) is 6.57. The zero-order chi connectivity index (χ0) is 24.2. The van der Waals surface area contributed by atoms with E-state index in [9.17, 15) is 9.59 Å². The van der Waals surface area contributed by atoms with Gasteiger partial charge in [0.15, 0.2) is 0 Å². The molecule has 3 aromatic carbocycles. The van der Waals surface area contributed by atoms with Crippen LogP contribution in [0.15, 0.2) is 77.6 Å². The van der Waals surface area contributed by atoms with Gasteiger partial charge in [0.2, 0.25) is 0 Å². The fourth-order valence-corrected chi connectivity index (χ4v) is 4.27. The molecule has 34 heavy (non-hydrogen) atoms. The van der Waals surface area contributed by atoms with Crippen molar-refractivity contribution in [2.75, 3.05) is 6.54 Å². The second-order valence-corrected chi connectivity index (χ2v) is 8.94.